The van der Waals surface area contributed by atoms with Crippen molar-refractivity contribution in [3.8, 4) is 0 Å². The van der Waals surface area contributed by atoms with Gasteiger partial charge < -0.3 is 9.80 Å². The number of benzene rings is 2. The van der Waals surface area contributed by atoms with Crippen molar-refractivity contribution >= 4 is 11.4 Å². The minimum Gasteiger partial charge on any atom is -0.341 e. The van der Waals surface area contributed by atoms with Gasteiger partial charge >= 0.3 is 0 Å². The lowest BCUT2D eigenvalue weighted by molar-refractivity contribution is 0.402. The van der Waals surface area contributed by atoms with Crippen LogP contribution in [0.4, 0.5) is 11.4 Å². The molecule has 1 heterocycles. The predicted octanol–water partition coefficient (Wildman–Crippen LogP) is 3.88. The van der Waals surface area contributed by atoms with Crippen molar-refractivity contribution in [2.45, 2.75) is 19.3 Å². The zero-order valence-electron chi connectivity index (χ0n) is 20.4. The molecule has 0 N–H and O–H groups in total. The maximum atomic E-state index is 8.49. The Kier molecular flexibility index (Phi) is 2.24. The third kappa shape index (κ3) is 3.11. The standard InChI is InChI=1S/C19H24N2/c1-20(2)14-7-15-21-18-10-5-3-8-16(18)12-13-17-9-4-6-11-19(17)21/h3-6,8-11H,7,12-15H2,1-2H3/i3T,4T,5T,6T,8T,9T,10T,11T. The molecule has 0 aliphatic carbocycles. The van der Waals surface area contributed by atoms with E-state index in [4.69, 9.17) is 11.0 Å². The summed E-state index contributed by atoms with van der Waals surface area (Å²) in [7, 11) is 3.87. The second-order valence-electron chi connectivity index (χ2n) is 5.46. The fraction of sp³-hybridized carbons (Fsp3) is 0.368. The molecule has 21 heavy (non-hydrogen) atoms. The van der Waals surface area contributed by atoms with Gasteiger partial charge in [-0.1, -0.05) is 36.3 Å². The molecule has 0 aromatic heterocycles. The molecular formula is C19H24N2. The van der Waals surface area contributed by atoms with Crippen LogP contribution in [0.3, 0.4) is 0 Å². The van der Waals surface area contributed by atoms with Gasteiger partial charge in [-0.25, -0.2) is 0 Å². The van der Waals surface area contributed by atoms with E-state index in [-0.39, 0.29) is 61.2 Å². The van der Waals surface area contributed by atoms with Gasteiger partial charge in [-0.3, -0.25) is 0 Å². The predicted molar refractivity (Wildman–Crippen MR) is 90.5 cm³/mol. The summed E-state index contributed by atoms with van der Waals surface area (Å²) in [6.45, 7) is 1.11. The third-order valence-electron chi connectivity index (χ3n) is 3.64. The molecule has 2 aromatic rings. The number of rotatable bonds is 4. The second kappa shape index (κ2) is 6.31. The average molecular weight is 296 g/mol. The van der Waals surface area contributed by atoms with Gasteiger partial charge in [0.25, 0.3) is 0 Å². The maximum Gasteiger partial charge on any atom is 0.0645 e. The zero-order valence-corrected chi connectivity index (χ0v) is 12.4. The Balaban J connectivity index is 2.31. The Hall–Kier alpha value is -1.80. The summed E-state index contributed by atoms with van der Waals surface area (Å²) in [6.07, 6.45) is 1.23. The molecule has 0 saturated carbocycles. The first-order valence-corrected chi connectivity index (χ1v) is 7.18. The van der Waals surface area contributed by atoms with Gasteiger partial charge in [0, 0.05) is 17.9 Å². The second-order valence-corrected chi connectivity index (χ2v) is 5.46. The molecule has 0 unspecified atom stereocenters. The van der Waals surface area contributed by atoms with Crippen molar-refractivity contribution in [1.29, 1.82) is 0 Å². The number of fused-ring (bicyclic) bond motifs is 2. The normalized spacial score (nSPS) is 19.1. The molecular weight excluding hydrogens is 256 g/mol. The lowest BCUT2D eigenvalue weighted by Gasteiger charge is -2.27. The van der Waals surface area contributed by atoms with Gasteiger partial charge in [-0.2, -0.15) is 0 Å². The molecule has 2 aromatic carbocycles. The Bertz CT molecular complexity index is 903. The molecule has 0 bridgehead atoms. The molecule has 1 aliphatic heterocycles. The highest BCUT2D eigenvalue weighted by molar-refractivity contribution is 5.71. The third-order valence-corrected chi connectivity index (χ3v) is 3.64. The van der Waals surface area contributed by atoms with E-state index < -0.39 is 0 Å². The largest absolute Gasteiger partial charge is 0.341 e. The monoisotopic (exact) mass is 296 g/mol. The van der Waals surface area contributed by atoms with Crippen LogP contribution in [0.25, 0.3) is 0 Å². The Morgan fingerprint density at radius 3 is 2.00 bits per heavy atom. The first-order valence-electron chi connectivity index (χ1n) is 11.2. The highest BCUT2D eigenvalue weighted by Gasteiger charge is 2.19. The lowest BCUT2D eigenvalue weighted by Crippen LogP contribution is -2.23. The number of hydrogen-bond donors (Lipinski definition) is 0. The van der Waals surface area contributed by atoms with E-state index in [1.54, 1.807) is 4.90 Å². The summed E-state index contributed by atoms with van der Waals surface area (Å²) in [5.74, 6) is 0. The molecule has 3 rings (SSSR count). The van der Waals surface area contributed by atoms with Crippen LogP contribution in [-0.2, 0) is 12.8 Å². The van der Waals surface area contributed by atoms with Gasteiger partial charge in [0.15, 0.2) is 0 Å². The first kappa shape index (κ1) is 7.46. The molecule has 0 amide bonds. The molecule has 0 radical (unpaired) electrons. The van der Waals surface area contributed by atoms with E-state index in [0.717, 1.165) is 6.54 Å². The Labute approximate surface area is 139 Å². The van der Waals surface area contributed by atoms with Crippen molar-refractivity contribution in [1.82, 2.24) is 4.90 Å². The van der Waals surface area contributed by atoms with E-state index in [1.807, 2.05) is 19.0 Å². The average Bonchev–Trinajstić information content (AvgIpc) is 2.84. The molecule has 0 saturated heterocycles. The van der Waals surface area contributed by atoms with Crippen LogP contribution in [0, 0.1) is 0 Å². The summed E-state index contributed by atoms with van der Waals surface area (Å²) in [5.41, 5.74) is 1.54. The van der Waals surface area contributed by atoms with Crippen LogP contribution >= 0.6 is 0 Å². The van der Waals surface area contributed by atoms with Crippen molar-refractivity contribution in [2.75, 3.05) is 32.1 Å². The van der Waals surface area contributed by atoms with Crippen molar-refractivity contribution in [3.63, 3.8) is 0 Å². The summed E-state index contributed by atoms with van der Waals surface area (Å²) in [5, 5.41) is 0. The number of nitrogens with zero attached hydrogens (tertiary/aromatic N) is 2. The van der Waals surface area contributed by atoms with Gasteiger partial charge in [-0.15, -0.1) is 0 Å². The lowest BCUT2D eigenvalue weighted by atomic mass is 10.0. The maximum absolute atomic E-state index is 8.49. The summed E-state index contributed by atoms with van der Waals surface area (Å²) in [6, 6.07) is -1.84. The smallest absolute Gasteiger partial charge is 0.0645 e. The summed E-state index contributed by atoms with van der Waals surface area (Å²) >= 11 is 0. The van der Waals surface area contributed by atoms with Gasteiger partial charge in [0.2, 0.25) is 0 Å². The van der Waals surface area contributed by atoms with Crippen molar-refractivity contribution in [2.24, 2.45) is 0 Å². The zero-order chi connectivity index (χ0) is 21.6. The van der Waals surface area contributed by atoms with Crippen LogP contribution < -0.4 is 4.90 Å². The minimum atomic E-state index is -0.337. The summed E-state index contributed by atoms with van der Waals surface area (Å²) < 4.78 is 65.9. The van der Waals surface area contributed by atoms with Crippen LogP contribution in [0.5, 0.6) is 0 Å². The molecule has 2 heteroatoms. The Morgan fingerprint density at radius 2 is 1.48 bits per heavy atom. The quantitative estimate of drug-likeness (QED) is 0.845. The van der Waals surface area contributed by atoms with Crippen molar-refractivity contribution < 1.29 is 11.0 Å². The fourth-order valence-electron chi connectivity index (χ4n) is 2.62. The van der Waals surface area contributed by atoms with Gasteiger partial charge in [-0.05, 0) is 63.1 Å². The van der Waals surface area contributed by atoms with E-state index in [2.05, 4.69) is 0 Å². The Morgan fingerprint density at radius 1 is 0.952 bits per heavy atom. The van der Waals surface area contributed by atoms with Crippen LogP contribution in [0.2, 0.25) is 0 Å². The van der Waals surface area contributed by atoms with Crippen LogP contribution in [-0.4, -0.2) is 32.1 Å². The SMILES string of the molecule is [3H]c1c([3H])c([3H])c2c(c1[3H])CCc1c([3H])c([3H])c([3H])c([3H])c1N2CCCN(C)C. The number of hydrogen-bond acceptors (Lipinski definition) is 2. The van der Waals surface area contributed by atoms with Crippen LogP contribution in [0.1, 0.15) is 28.5 Å². The topological polar surface area (TPSA) is 6.48 Å². The number of para-hydroxylation sites is 2. The van der Waals surface area contributed by atoms with E-state index in [1.165, 1.54) is 0 Å². The van der Waals surface area contributed by atoms with Crippen molar-refractivity contribution in [3.05, 3.63) is 59.5 Å². The molecule has 2 nitrogen and oxygen atoms in total. The molecule has 1 aliphatic rings. The van der Waals surface area contributed by atoms with E-state index in [0.29, 0.717) is 35.5 Å². The molecule has 0 fully saturated rings. The molecule has 110 valence electrons. The van der Waals surface area contributed by atoms with E-state index in [9.17, 15) is 0 Å². The highest BCUT2D eigenvalue weighted by Crippen LogP contribution is 2.35. The van der Waals surface area contributed by atoms with Crippen LogP contribution in [0.15, 0.2) is 48.3 Å². The first-order chi connectivity index (χ1) is 13.6. The highest BCUT2D eigenvalue weighted by atomic mass is 15.1. The van der Waals surface area contributed by atoms with E-state index >= 15 is 0 Å². The van der Waals surface area contributed by atoms with Gasteiger partial charge in [0.05, 0.1) is 11.0 Å². The minimum absolute atomic E-state index is 0.110. The number of anilines is 2. The van der Waals surface area contributed by atoms with Gasteiger partial charge in [0.1, 0.15) is 0 Å². The fourth-order valence-corrected chi connectivity index (χ4v) is 2.62. The summed E-state index contributed by atoms with van der Waals surface area (Å²) in [4.78, 5) is 3.68. The molecule has 0 atom stereocenters. The molecule has 0 spiro atoms.